The van der Waals surface area contributed by atoms with Crippen LogP contribution >= 0.6 is 0 Å². The van der Waals surface area contributed by atoms with Crippen LogP contribution in [0.2, 0.25) is 0 Å². The van der Waals surface area contributed by atoms with E-state index in [4.69, 9.17) is 0 Å². The van der Waals surface area contributed by atoms with Crippen LogP contribution in [0.15, 0.2) is 18.2 Å². The summed E-state index contributed by atoms with van der Waals surface area (Å²) in [5.74, 6) is -0.450. The largest absolute Gasteiger partial charge is 0.478 e. The number of hydrogen-bond acceptors (Lipinski definition) is 2. The monoisotopic (exact) mass is 233 g/mol. The minimum absolute atomic E-state index is 0.00201. The summed E-state index contributed by atoms with van der Waals surface area (Å²) in [6.07, 6.45) is 1.04. The van der Waals surface area contributed by atoms with Crippen molar-refractivity contribution < 1.29 is 9.90 Å². The van der Waals surface area contributed by atoms with Gasteiger partial charge >= 0.3 is 5.97 Å². The van der Waals surface area contributed by atoms with Crippen molar-refractivity contribution in [2.45, 2.75) is 38.6 Å². The van der Waals surface area contributed by atoms with E-state index in [1.807, 2.05) is 19.2 Å². The fourth-order valence-electron chi connectivity index (χ4n) is 2.80. The van der Waals surface area contributed by atoms with Crippen molar-refractivity contribution in [3.8, 4) is 0 Å². The number of aromatic carboxylic acids is 1. The van der Waals surface area contributed by atoms with Crippen LogP contribution in [0.1, 0.15) is 49.0 Å². The van der Waals surface area contributed by atoms with Gasteiger partial charge in [0.25, 0.3) is 0 Å². The van der Waals surface area contributed by atoms with E-state index in [-0.39, 0.29) is 5.54 Å². The van der Waals surface area contributed by atoms with E-state index in [0.717, 1.165) is 17.7 Å². The Morgan fingerprint density at radius 1 is 1.47 bits per heavy atom. The molecule has 1 aliphatic heterocycles. The third-order valence-corrected chi connectivity index (χ3v) is 3.88. The molecule has 0 unspecified atom stereocenters. The molecule has 1 aromatic rings. The third-order valence-electron chi connectivity index (χ3n) is 3.88. The van der Waals surface area contributed by atoms with Crippen LogP contribution in [0.25, 0.3) is 0 Å². The summed E-state index contributed by atoms with van der Waals surface area (Å²) in [5, 5.41) is 9.29. The van der Waals surface area contributed by atoms with Gasteiger partial charge < -0.3 is 10.0 Å². The topological polar surface area (TPSA) is 40.5 Å². The molecule has 0 fully saturated rings. The predicted molar refractivity (Wildman–Crippen MR) is 68.9 cm³/mol. The third kappa shape index (κ3) is 1.79. The van der Waals surface area contributed by atoms with Gasteiger partial charge in [0.2, 0.25) is 0 Å². The Hall–Kier alpha value is -1.51. The molecule has 17 heavy (non-hydrogen) atoms. The molecule has 0 radical (unpaired) electrons. The fourth-order valence-corrected chi connectivity index (χ4v) is 2.80. The number of nitrogens with zero attached hydrogens (tertiary/aromatic N) is 1. The van der Waals surface area contributed by atoms with E-state index >= 15 is 0 Å². The molecule has 0 spiro atoms. The first-order valence-electron chi connectivity index (χ1n) is 5.94. The second-order valence-electron chi connectivity index (χ2n) is 5.53. The van der Waals surface area contributed by atoms with E-state index < -0.39 is 5.97 Å². The normalized spacial score (nSPS) is 22.1. The average Bonchev–Trinajstić information content (AvgIpc) is 2.24. The molecular weight excluding hydrogens is 214 g/mol. The maximum absolute atomic E-state index is 11.3. The number of benzene rings is 1. The summed E-state index contributed by atoms with van der Waals surface area (Å²) in [6.45, 7) is 6.48. The molecule has 0 amide bonds. The zero-order valence-corrected chi connectivity index (χ0v) is 10.8. The molecule has 1 N–H and O–H groups in total. The summed E-state index contributed by atoms with van der Waals surface area (Å²) in [6, 6.07) is 5.56. The van der Waals surface area contributed by atoms with Gasteiger partial charge in [-0.25, -0.2) is 4.79 Å². The van der Waals surface area contributed by atoms with Gasteiger partial charge in [0.1, 0.15) is 0 Å². The van der Waals surface area contributed by atoms with Gasteiger partial charge in [-0.05, 0) is 37.8 Å². The highest BCUT2D eigenvalue weighted by Gasteiger charge is 2.36. The molecule has 0 aliphatic carbocycles. The quantitative estimate of drug-likeness (QED) is 0.810. The summed E-state index contributed by atoms with van der Waals surface area (Å²) in [7, 11) is 1.98. The SMILES string of the molecule is C[C@@H]1CC(C)(C)N(C)c2c(C(=O)O)cccc21. The number of para-hydroxylation sites is 1. The minimum atomic E-state index is -0.849. The van der Waals surface area contributed by atoms with Crippen LogP contribution in [0, 0.1) is 0 Å². The van der Waals surface area contributed by atoms with Crippen LogP contribution < -0.4 is 4.90 Å². The molecule has 0 bridgehead atoms. The van der Waals surface area contributed by atoms with Gasteiger partial charge in [-0.2, -0.15) is 0 Å². The van der Waals surface area contributed by atoms with Crippen LogP contribution in [0.3, 0.4) is 0 Å². The molecule has 0 saturated heterocycles. The lowest BCUT2D eigenvalue weighted by Gasteiger charge is -2.46. The van der Waals surface area contributed by atoms with E-state index in [1.54, 1.807) is 6.07 Å². The van der Waals surface area contributed by atoms with Gasteiger partial charge in [-0.3, -0.25) is 0 Å². The Morgan fingerprint density at radius 2 is 2.12 bits per heavy atom. The maximum Gasteiger partial charge on any atom is 0.337 e. The van der Waals surface area contributed by atoms with Gasteiger partial charge in [0.05, 0.1) is 11.3 Å². The van der Waals surface area contributed by atoms with Crippen molar-refractivity contribution in [1.29, 1.82) is 0 Å². The lowest BCUT2D eigenvalue weighted by molar-refractivity contribution is 0.0697. The molecule has 0 aromatic heterocycles. The number of hydrogen-bond donors (Lipinski definition) is 1. The fraction of sp³-hybridized carbons (Fsp3) is 0.500. The second-order valence-corrected chi connectivity index (χ2v) is 5.53. The van der Waals surface area contributed by atoms with Crippen LogP contribution in [-0.2, 0) is 0 Å². The molecule has 1 aliphatic rings. The Kier molecular flexibility index (Phi) is 2.64. The van der Waals surface area contributed by atoms with Gasteiger partial charge in [-0.15, -0.1) is 0 Å². The van der Waals surface area contributed by atoms with Crippen molar-refractivity contribution in [1.82, 2.24) is 0 Å². The molecule has 92 valence electrons. The van der Waals surface area contributed by atoms with E-state index in [0.29, 0.717) is 11.5 Å². The lowest BCUT2D eigenvalue weighted by atomic mass is 9.79. The molecular formula is C14H19NO2. The number of carboxylic acids is 1. The zero-order chi connectivity index (χ0) is 12.8. The van der Waals surface area contributed by atoms with Crippen LogP contribution in [0.5, 0.6) is 0 Å². The van der Waals surface area contributed by atoms with E-state index in [9.17, 15) is 9.90 Å². The van der Waals surface area contributed by atoms with E-state index in [1.165, 1.54) is 0 Å². The average molecular weight is 233 g/mol. The van der Waals surface area contributed by atoms with Crippen molar-refractivity contribution in [3.63, 3.8) is 0 Å². The number of anilines is 1. The number of carboxylic acid groups (broad SMARTS) is 1. The lowest BCUT2D eigenvalue weighted by Crippen LogP contribution is -2.46. The molecule has 3 heteroatoms. The number of fused-ring (bicyclic) bond motifs is 1. The molecule has 1 atom stereocenters. The molecule has 1 heterocycles. The Morgan fingerprint density at radius 3 is 2.71 bits per heavy atom. The summed E-state index contributed by atoms with van der Waals surface area (Å²) >= 11 is 0. The highest BCUT2D eigenvalue weighted by Crippen LogP contribution is 2.43. The molecule has 1 aromatic carbocycles. The maximum atomic E-state index is 11.3. The highest BCUT2D eigenvalue weighted by molar-refractivity contribution is 5.96. The van der Waals surface area contributed by atoms with E-state index in [2.05, 4.69) is 25.7 Å². The first-order valence-corrected chi connectivity index (χ1v) is 5.94. The van der Waals surface area contributed by atoms with Crippen molar-refractivity contribution in [2.75, 3.05) is 11.9 Å². The zero-order valence-electron chi connectivity index (χ0n) is 10.8. The van der Waals surface area contributed by atoms with Gasteiger partial charge in [-0.1, -0.05) is 19.1 Å². The Bertz CT molecular complexity index is 465. The Balaban J connectivity index is 2.67. The smallest absolute Gasteiger partial charge is 0.337 e. The summed E-state index contributed by atoms with van der Waals surface area (Å²) in [4.78, 5) is 13.4. The summed E-state index contributed by atoms with van der Waals surface area (Å²) < 4.78 is 0. The predicted octanol–water partition coefficient (Wildman–Crippen LogP) is 3.11. The summed E-state index contributed by atoms with van der Waals surface area (Å²) in [5.41, 5.74) is 2.43. The van der Waals surface area contributed by atoms with Crippen molar-refractivity contribution in [2.24, 2.45) is 0 Å². The van der Waals surface area contributed by atoms with Crippen LogP contribution in [0.4, 0.5) is 5.69 Å². The van der Waals surface area contributed by atoms with Crippen molar-refractivity contribution in [3.05, 3.63) is 29.3 Å². The molecule has 0 saturated carbocycles. The van der Waals surface area contributed by atoms with Crippen molar-refractivity contribution >= 4 is 11.7 Å². The second kappa shape index (κ2) is 3.76. The molecule has 3 nitrogen and oxygen atoms in total. The number of rotatable bonds is 1. The Labute approximate surface area is 102 Å². The first-order chi connectivity index (χ1) is 7.84. The highest BCUT2D eigenvalue weighted by atomic mass is 16.4. The van der Waals surface area contributed by atoms with Gasteiger partial charge in [0.15, 0.2) is 0 Å². The number of carbonyl (C=O) groups is 1. The molecule has 2 rings (SSSR count). The first kappa shape index (κ1) is 12.0. The minimum Gasteiger partial charge on any atom is -0.478 e. The standard InChI is InChI=1S/C14H19NO2/c1-9-8-14(2,3)15(4)12-10(9)6-5-7-11(12)13(16)17/h5-7,9H,8H2,1-4H3,(H,16,17)/t9-/m1/s1. The van der Waals surface area contributed by atoms with Crippen LogP contribution in [-0.4, -0.2) is 23.7 Å². The van der Waals surface area contributed by atoms with Gasteiger partial charge in [0, 0.05) is 12.6 Å².